The van der Waals surface area contributed by atoms with Gasteiger partial charge in [0.05, 0.1) is 0 Å². The molecule has 0 spiro atoms. The third kappa shape index (κ3) is 1.39. The molecule has 0 atom stereocenters. The first kappa shape index (κ1) is 7.38. The van der Waals surface area contributed by atoms with Crippen molar-refractivity contribution in [2.75, 3.05) is 25.2 Å². The summed E-state index contributed by atoms with van der Waals surface area (Å²) in [6.07, 6.45) is 0.899. The van der Waals surface area contributed by atoms with Gasteiger partial charge in [-0.05, 0) is 13.5 Å². The first-order chi connectivity index (χ1) is 4.33. The second kappa shape index (κ2) is 2.90. The monoisotopic (exact) mass is 147 g/mol. The van der Waals surface area contributed by atoms with Crippen molar-refractivity contribution in [1.82, 2.24) is 5.32 Å². The van der Waals surface area contributed by atoms with E-state index >= 15 is 0 Å². The normalized spacial score (nSPS) is 23.3. The number of aliphatic hydroxyl groups is 1. The van der Waals surface area contributed by atoms with Gasteiger partial charge in [0.1, 0.15) is 0 Å². The summed E-state index contributed by atoms with van der Waals surface area (Å²) in [5.74, 6) is 2.31. The summed E-state index contributed by atoms with van der Waals surface area (Å²) in [5.41, 5.74) is 0.277. The molecule has 0 unspecified atom stereocenters. The zero-order chi connectivity index (χ0) is 6.74. The molecule has 0 aromatic carbocycles. The average Bonchev–Trinajstić information content (AvgIpc) is 1.79. The Kier molecular flexibility index (Phi) is 2.38. The van der Waals surface area contributed by atoms with Crippen LogP contribution in [0.4, 0.5) is 0 Å². The van der Waals surface area contributed by atoms with Crippen LogP contribution in [0.1, 0.15) is 6.42 Å². The summed E-state index contributed by atoms with van der Waals surface area (Å²) in [4.78, 5) is 0. The molecule has 0 radical (unpaired) electrons. The number of aliphatic hydroxyl groups excluding tert-OH is 1. The van der Waals surface area contributed by atoms with Gasteiger partial charge in [0.2, 0.25) is 0 Å². The summed E-state index contributed by atoms with van der Waals surface area (Å²) >= 11 is 1.93. The highest BCUT2D eigenvalue weighted by atomic mass is 32.2. The lowest BCUT2D eigenvalue weighted by molar-refractivity contribution is 0.236. The van der Waals surface area contributed by atoms with Crippen molar-refractivity contribution >= 4 is 11.8 Å². The number of thioether (sulfide) groups is 1. The van der Waals surface area contributed by atoms with E-state index in [2.05, 4.69) is 5.32 Å². The van der Waals surface area contributed by atoms with Crippen LogP contribution in [-0.2, 0) is 0 Å². The lowest BCUT2D eigenvalue weighted by Crippen LogP contribution is -2.54. The van der Waals surface area contributed by atoms with Gasteiger partial charge in [-0.3, -0.25) is 0 Å². The highest BCUT2D eigenvalue weighted by molar-refractivity contribution is 8.00. The van der Waals surface area contributed by atoms with E-state index in [4.69, 9.17) is 5.11 Å². The van der Waals surface area contributed by atoms with Crippen molar-refractivity contribution in [3.8, 4) is 0 Å². The van der Waals surface area contributed by atoms with Gasteiger partial charge in [0.15, 0.2) is 0 Å². The molecule has 1 saturated heterocycles. The summed E-state index contributed by atoms with van der Waals surface area (Å²) in [7, 11) is 1.97. The summed E-state index contributed by atoms with van der Waals surface area (Å²) in [5, 5.41) is 11.9. The van der Waals surface area contributed by atoms with E-state index in [1.54, 1.807) is 0 Å². The molecule has 0 aromatic heterocycles. The van der Waals surface area contributed by atoms with Crippen LogP contribution in [0.25, 0.3) is 0 Å². The molecule has 54 valence electrons. The zero-order valence-electron chi connectivity index (χ0n) is 5.68. The van der Waals surface area contributed by atoms with Crippen molar-refractivity contribution in [3.05, 3.63) is 0 Å². The first-order valence-corrected chi connectivity index (χ1v) is 4.36. The minimum absolute atomic E-state index is 0.277. The Morgan fingerprint density at radius 1 is 1.67 bits per heavy atom. The van der Waals surface area contributed by atoms with Crippen molar-refractivity contribution in [2.24, 2.45) is 0 Å². The fraction of sp³-hybridized carbons (Fsp3) is 1.00. The average molecular weight is 147 g/mol. The molecule has 2 nitrogen and oxygen atoms in total. The van der Waals surface area contributed by atoms with E-state index in [1.165, 1.54) is 0 Å². The van der Waals surface area contributed by atoms with Crippen LogP contribution in [-0.4, -0.2) is 35.8 Å². The summed E-state index contributed by atoms with van der Waals surface area (Å²) in [6.45, 7) is 0.307. The van der Waals surface area contributed by atoms with Crippen molar-refractivity contribution < 1.29 is 5.11 Å². The minimum atomic E-state index is 0.277. The Hall–Kier alpha value is 0.270. The fourth-order valence-corrected chi connectivity index (χ4v) is 2.25. The van der Waals surface area contributed by atoms with Crippen LogP contribution in [0.15, 0.2) is 0 Å². The van der Waals surface area contributed by atoms with Gasteiger partial charge in [-0.1, -0.05) is 0 Å². The first-order valence-electron chi connectivity index (χ1n) is 3.20. The van der Waals surface area contributed by atoms with E-state index in [0.717, 1.165) is 17.9 Å². The molecule has 1 aliphatic rings. The second-order valence-electron chi connectivity index (χ2n) is 2.50. The Bertz CT molecular complexity index is 87.5. The zero-order valence-corrected chi connectivity index (χ0v) is 6.50. The molecule has 0 aromatic rings. The Labute approximate surface area is 60.0 Å². The van der Waals surface area contributed by atoms with Gasteiger partial charge in [-0.25, -0.2) is 0 Å². The molecule has 0 bridgehead atoms. The standard InChI is InChI=1S/C6H13NOS/c1-7-6(2-3-8)4-9-5-6/h7-8H,2-5H2,1H3. The van der Waals surface area contributed by atoms with Crippen LogP contribution in [0.5, 0.6) is 0 Å². The molecule has 0 aliphatic carbocycles. The minimum Gasteiger partial charge on any atom is -0.396 e. The molecular weight excluding hydrogens is 134 g/mol. The molecule has 1 fully saturated rings. The van der Waals surface area contributed by atoms with E-state index in [9.17, 15) is 0 Å². The van der Waals surface area contributed by atoms with Crippen LogP contribution >= 0.6 is 11.8 Å². The van der Waals surface area contributed by atoms with Gasteiger partial charge in [0, 0.05) is 23.7 Å². The predicted octanol–water partition coefficient (Wildman–Crippen LogP) is 0.0738. The van der Waals surface area contributed by atoms with Gasteiger partial charge < -0.3 is 10.4 Å². The van der Waals surface area contributed by atoms with E-state index < -0.39 is 0 Å². The number of nitrogens with one attached hydrogen (secondary N) is 1. The van der Waals surface area contributed by atoms with E-state index in [-0.39, 0.29) is 5.54 Å². The van der Waals surface area contributed by atoms with Crippen LogP contribution in [0.3, 0.4) is 0 Å². The van der Waals surface area contributed by atoms with E-state index in [1.807, 2.05) is 18.8 Å². The predicted molar refractivity (Wildman–Crippen MR) is 40.8 cm³/mol. The quantitative estimate of drug-likeness (QED) is 0.592. The number of hydrogen-bond donors (Lipinski definition) is 2. The Balaban J connectivity index is 2.28. The maximum Gasteiger partial charge on any atom is 0.0449 e. The van der Waals surface area contributed by atoms with Crippen LogP contribution < -0.4 is 5.32 Å². The topological polar surface area (TPSA) is 32.3 Å². The van der Waals surface area contributed by atoms with Gasteiger partial charge in [-0.2, -0.15) is 11.8 Å². The maximum atomic E-state index is 8.65. The van der Waals surface area contributed by atoms with Gasteiger partial charge in [0.25, 0.3) is 0 Å². The maximum absolute atomic E-state index is 8.65. The molecule has 1 heterocycles. The third-order valence-electron chi connectivity index (χ3n) is 1.88. The van der Waals surface area contributed by atoms with Crippen LogP contribution in [0.2, 0.25) is 0 Å². The van der Waals surface area contributed by atoms with Crippen molar-refractivity contribution in [1.29, 1.82) is 0 Å². The van der Waals surface area contributed by atoms with Crippen molar-refractivity contribution in [2.45, 2.75) is 12.0 Å². The molecule has 3 heteroatoms. The molecule has 1 rings (SSSR count). The SMILES string of the molecule is CNC1(CCO)CSC1. The smallest absolute Gasteiger partial charge is 0.0449 e. The lowest BCUT2D eigenvalue weighted by Gasteiger charge is -2.40. The highest BCUT2D eigenvalue weighted by Gasteiger charge is 2.34. The Morgan fingerprint density at radius 3 is 2.44 bits per heavy atom. The van der Waals surface area contributed by atoms with Crippen LogP contribution in [0, 0.1) is 0 Å². The van der Waals surface area contributed by atoms with Crippen molar-refractivity contribution in [3.63, 3.8) is 0 Å². The fourth-order valence-electron chi connectivity index (χ4n) is 0.976. The molecule has 0 saturated carbocycles. The largest absolute Gasteiger partial charge is 0.396 e. The highest BCUT2D eigenvalue weighted by Crippen LogP contribution is 2.31. The third-order valence-corrected chi connectivity index (χ3v) is 3.39. The molecule has 0 amide bonds. The summed E-state index contributed by atoms with van der Waals surface area (Å²) < 4.78 is 0. The second-order valence-corrected chi connectivity index (χ2v) is 3.48. The van der Waals surface area contributed by atoms with Gasteiger partial charge >= 0.3 is 0 Å². The molecule has 2 N–H and O–H groups in total. The molecule has 1 aliphatic heterocycles. The molecule has 9 heavy (non-hydrogen) atoms. The summed E-state index contributed by atoms with van der Waals surface area (Å²) in [6, 6.07) is 0. The molecular formula is C6H13NOS. The lowest BCUT2D eigenvalue weighted by atomic mass is 10.0. The number of rotatable bonds is 3. The van der Waals surface area contributed by atoms with E-state index in [0.29, 0.717) is 6.61 Å². The Morgan fingerprint density at radius 2 is 2.33 bits per heavy atom. The number of hydrogen-bond acceptors (Lipinski definition) is 3. The van der Waals surface area contributed by atoms with Gasteiger partial charge in [-0.15, -0.1) is 0 Å².